The number of rotatable bonds is 10. The highest BCUT2D eigenvalue weighted by molar-refractivity contribution is 5.52. The molecule has 0 saturated carbocycles. The Morgan fingerprint density at radius 2 is 1.64 bits per heavy atom. The second kappa shape index (κ2) is 13.3. The molecule has 0 aliphatic carbocycles. The van der Waals surface area contributed by atoms with Crippen molar-refractivity contribution in [2.45, 2.75) is 6.04 Å². The van der Waals surface area contributed by atoms with Crippen molar-refractivity contribution in [1.29, 1.82) is 0 Å². The van der Waals surface area contributed by atoms with Crippen molar-refractivity contribution in [2.24, 2.45) is 0 Å². The van der Waals surface area contributed by atoms with E-state index >= 15 is 0 Å². The summed E-state index contributed by atoms with van der Waals surface area (Å²) in [6.45, 7) is 3.54. The molecule has 4 aromatic rings. The third-order valence-electron chi connectivity index (χ3n) is 5.86. The molecule has 13 nitrogen and oxygen atoms in total. The molecule has 1 atom stereocenters. The lowest BCUT2D eigenvalue weighted by atomic mass is 10.2. The average molecular weight is 530 g/mol. The van der Waals surface area contributed by atoms with E-state index in [1.54, 1.807) is 24.8 Å². The van der Waals surface area contributed by atoms with Crippen molar-refractivity contribution in [3.8, 4) is 23.3 Å². The monoisotopic (exact) mass is 529 g/mol. The van der Waals surface area contributed by atoms with Crippen LogP contribution < -0.4 is 9.80 Å². The normalized spacial score (nSPS) is 15.2. The van der Waals surface area contributed by atoms with Crippen molar-refractivity contribution < 1.29 is 19.0 Å². The fourth-order valence-corrected chi connectivity index (χ4v) is 3.98. The molecule has 5 rings (SSSR count). The van der Waals surface area contributed by atoms with Crippen molar-refractivity contribution in [1.82, 2.24) is 34.9 Å². The van der Waals surface area contributed by atoms with Gasteiger partial charge in [-0.05, 0) is 12.1 Å². The highest BCUT2D eigenvalue weighted by atomic mass is 16.5. The predicted molar refractivity (Wildman–Crippen MR) is 140 cm³/mol. The largest absolute Gasteiger partial charge is 0.442 e. The second-order valence-electron chi connectivity index (χ2n) is 8.46. The molecule has 1 unspecified atom stereocenters. The molecule has 1 fully saturated rings. The van der Waals surface area contributed by atoms with Gasteiger partial charge in [0.2, 0.25) is 11.9 Å². The lowest BCUT2D eigenvalue weighted by Gasteiger charge is -2.41. The summed E-state index contributed by atoms with van der Waals surface area (Å²) in [6, 6.07) is 3.68. The van der Waals surface area contributed by atoms with Gasteiger partial charge in [0.25, 0.3) is 0 Å². The molecule has 1 aliphatic heterocycles. The number of nitrogens with zero attached hydrogens (tertiary/aromatic N) is 9. The van der Waals surface area contributed by atoms with Crippen LogP contribution in [0.25, 0.3) is 11.5 Å². The maximum absolute atomic E-state index is 8.84. The fourth-order valence-electron chi connectivity index (χ4n) is 3.98. The molecule has 0 aromatic carbocycles. The highest BCUT2D eigenvalue weighted by Gasteiger charge is 2.30. The zero-order chi connectivity index (χ0) is 26.7. The van der Waals surface area contributed by atoms with E-state index in [0.717, 1.165) is 5.56 Å². The van der Waals surface area contributed by atoms with Crippen molar-refractivity contribution >= 4 is 11.9 Å². The second-order valence-corrected chi connectivity index (χ2v) is 8.46. The number of aliphatic hydroxyl groups is 1. The zero-order valence-electron chi connectivity index (χ0n) is 21.1. The number of hydrogen-bond acceptors (Lipinski definition) is 13. The van der Waals surface area contributed by atoms with E-state index in [0.29, 0.717) is 75.0 Å². The predicted octanol–water partition coefficient (Wildman–Crippen LogP) is 0.832. The van der Waals surface area contributed by atoms with Crippen LogP contribution in [0.2, 0.25) is 0 Å². The first kappa shape index (κ1) is 26.1. The van der Waals surface area contributed by atoms with Gasteiger partial charge >= 0.3 is 0 Å². The summed E-state index contributed by atoms with van der Waals surface area (Å²) >= 11 is 0. The van der Waals surface area contributed by atoms with Crippen LogP contribution in [0, 0.1) is 11.8 Å². The first-order chi connectivity index (χ1) is 19.3. The Morgan fingerprint density at radius 1 is 0.846 bits per heavy atom. The van der Waals surface area contributed by atoms with Crippen LogP contribution in [0.15, 0.2) is 60.4 Å². The summed E-state index contributed by atoms with van der Waals surface area (Å²) in [7, 11) is 0. The molecule has 5 heterocycles. The van der Waals surface area contributed by atoms with Gasteiger partial charge in [0.15, 0.2) is 12.2 Å². The first-order valence-corrected chi connectivity index (χ1v) is 12.4. The minimum atomic E-state index is -0.0329. The molecule has 4 aromatic heterocycles. The lowest BCUT2D eigenvalue weighted by Crippen LogP contribution is -2.56. The number of aromatic nitrogens is 7. The van der Waals surface area contributed by atoms with Gasteiger partial charge in [-0.1, -0.05) is 11.8 Å². The molecule has 1 aliphatic rings. The van der Waals surface area contributed by atoms with Gasteiger partial charge in [-0.25, -0.2) is 29.9 Å². The van der Waals surface area contributed by atoms with E-state index in [2.05, 4.69) is 56.5 Å². The third-order valence-corrected chi connectivity index (χ3v) is 5.86. The van der Waals surface area contributed by atoms with Crippen LogP contribution in [0.4, 0.5) is 11.9 Å². The summed E-state index contributed by atoms with van der Waals surface area (Å²) in [5.74, 6) is 7.99. The van der Waals surface area contributed by atoms with Gasteiger partial charge in [-0.15, -0.1) is 0 Å². The topological polar surface area (TPSA) is 149 Å². The molecule has 13 heteroatoms. The third kappa shape index (κ3) is 7.08. The molecule has 0 amide bonds. The number of hydrogen-bond donors (Lipinski definition) is 1. The molecule has 39 heavy (non-hydrogen) atoms. The summed E-state index contributed by atoms with van der Waals surface area (Å²) in [6.07, 6.45) is 11.1. The summed E-state index contributed by atoms with van der Waals surface area (Å²) in [4.78, 5) is 34.1. The summed E-state index contributed by atoms with van der Waals surface area (Å²) in [5, 5.41) is 8.84. The lowest BCUT2D eigenvalue weighted by molar-refractivity contribution is 0.0284. The van der Waals surface area contributed by atoms with Gasteiger partial charge < -0.3 is 28.8 Å². The number of anilines is 2. The molecular weight excluding hydrogens is 502 g/mol. The Labute approximate surface area is 224 Å². The van der Waals surface area contributed by atoms with E-state index in [1.165, 1.54) is 19.0 Å². The maximum atomic E-state index is 8.84. The molecular formula is C26H27N9O4. The highest BCUT2D eigenvalue weighted by Crippen LogP contribution is 2.19. The molecule has 0 spiro atoms. The van der Waals surface area contributed by atoms with E-state index in [-0.39, 0.29) is 12.6 Å². The number of pyridine rings is 1. The molecule has 0 radical (unpaired) electrons. The molecule has 200 valence electrons. The number of piperazine rings is 1. The number of oxazole rings is 1. The summed E-state index contributed by atoms with van der Waals surface area (Å²) < 4.78 is 16.4. The minimum absolute atomic E-state index is 0.00990. The van der Waals surface area contributed by atoms with Crippen LogP contribution in [0.3, 0.4) is 0 Å². The van der Waals surface area contributed by atoms with Gasteiger partial charge in [-0.2, -0.15) is 0 Å². The van der Waals surface area contributed by atoms with Gasteiger partial charge in [0.05, 0.1) is 50.8 Å². The number of ether oxygens (including phenoxy) is 2. The van der Waals surface area contributed by atoms with Crippen molar-refractivity contribution in [2.75, 3.05) is 62.5 Å². The van der Waals surface area contributed by atoms with E-state index in [9.17, 15) is 0 Å². The maximum Gasteiger partial charge on any atom is 0.228 e. The molecule has 0 bridgehead atoms. The fraction of sp³-hybridized carbons (Fsp3) is 0.346. The average Bonchev–Trinajstić information content (AvgIpc) is 3.54. The van der Waals surface area contributed by atoms with Crippen LogP contribution in [-0.2, 0) is 9.47 Å². The van der Waals surface area contributed by atoms with E-state index in [4.69, 9.17) is 19.0 Å². The molecule has 1 saturated heterocycles. The van der Waals surface area contributed by atoms with Gasteiger partial charge in [-0.3, -0.25) is 4.98 Å². The van der Waals surface area contributed by atoms with Crippen LogP contribution in [0.5, 0.6) is 0 Å². The molecule has 1 N–H and O–H groups in total. The number of aliphatic hydroxyl groups excluding tert-OH is 1. The van der Waals surface area contributed by atoms with Gasteiger partial charge in [0, 0.05) is 43.8 Å². The first-order valence-electron chi connectivity index (χ1n) is 12.4. The Hall–Kier alpha value is -4.51. The van der Waals surface area contributed by atoms with Gasteiger partial charge in [0.1, 0.15) is 18.3 Å². The van der Waals surface area contributed by atoms with E-state index in [1.807, 2.05) is 12.1 Å². The Morgan fingerprint density at radius 3 is 2.38 bits per heavy atom. The van der Waals surface area contributed by atoms with E-state index < -0.39 is 0 Å². The van der Waals surface area contributed by atoms with Crippen molar-refractivity contribution in [3.63, 3.8) is 0 Å². The quantitative estimate of drug-likeness (QED) is 0.229. The Kier molecular flexibility index (Phi) is 8.93. The van der Waals surface area contributed by atoms with Crippen LogP contribution in [0.1, 0.15) is 11.1 Å². The minimum Gasteiger partial charge on any atom is -0.442 e. The zero-order valence-corrected chi connectivity index (χ0v) is 21.1. The SMILES string of the molecule is OCCOCCOCC1CN(c2ncc(C#Cc3ccc(-c4cnco4)nc3)cn2)CCN1c1ncncn1. The van der Waals surface area contributed by atoms with Crippen molar-refractivity contribution in [3.05, 3.63) is 67.1 Å². The summed E-state index contributed by atoms with van der Waals surface area (Å²) in [5.41, 5.74) is 2.16. The van der Waals surface area contributed by atoms with Crippen LogP contribution in [-0.4, -0.2) is 98.7 Å². The standard InChI is InChI=1S/C26H27N9O4/c36-7-8-37-9-10-38-16-22-15-34(5-6-35(22)26-32-17-28-18-33-26)25-30-12-21(13-31-25)2-1-20-3-4-23(29-11-20)24-14-27-19-39-24/h3-4,11-14,17-19,22,36H,5-10,15-16H2. The Balaban J connectivity index is 1.21. The van der Waals surface area contributed by atoms with Crippen LogP contribution >= 0.6 is 0 Å². The smallest absolute Gasteiger partial charge is 0.228 e. The Bertz CT molecular complexity index is 1340.